The van der Waals surface area contributed by atoms with Gasteiger partial charge < -0.3 is 9.88 Å². The fraction of sp³-hybridized carbons (Fsp3) is 0.435. The third kappa shape index (κ3) is 2.80. The highest BCUT2D eigenvalue weighted by atomic mass is 19.4. The number of pyridine rings is 1. The average Bonchev–Trinajstić information content (AvgIpc) is 3.12. The molecule has 1 aliphatic heterocycles. The van der Waals surface area contributed by atoms with E-state index in [9.17, 15) is 18.0 Å². The molecule has 5 rings (SSSR count). The highest BCUT2D eigenvalue weighted by Gasteiger charge is 2.59. The number of hydrogen-bond donors (Lipinski definition) is 1. The van der Waals surface area contributed by atoms with E-state index in [2.05, 4.69) is 23.0 Å². The number of aromatic nitrogens is 3. The lowest BCUT2D eigenvalue weighted by molar-refractivity contribution is -0.195. The maximum Gasteiger partial charge on any atom is 0.471 e. The summed E-state index contributed by atoms with van der Waals surface area (Å²) in [4.78, 5) is 25.4. The molecule has 1 aromatic carbocycles. The number of carbonyl (C=O) groups is 1. The van der Waals surface area contributed by atoms with E-state index >= 15 is 0 Å². The molecular formula is C23H23F3N4O. The van der Waals surface area contributed by atoms with Crippen LogP contribution in [0.1, 0.15) is 38.3 Å². The standard InChI is InChI=1S/C23H23F3N4O/c1-21(2)18-10-14-9-16-17(29-19(28-16)13-5-4-7-27-12-13)11-15(14)22(21,3)6-8-30(18)20(31)23(24,25)26/h4-5,7,9,11-12,18H,6,8,10H2,1-3H3,(H,28,29)/t18-,22?/m1/s1. The predicted octanol–water partition coefficient (Wildman–Crippen LogP) is 4.63. The molecule has 3 heterocycles. The Balaban J connectivity index is 1.63. The van der Waals surface area contributed by atoms with Gasteiger partial charge in [-0.25, -0.2) is 4.98 Å². The second-order valence-corrected chi connectivity index (χ2v) is 9.37. The number of nitrogens with zero attached hydrogens (tertiary/aromatic N) is 3. The Labute approximate surface area is 177 Å². The molecule has 2 aromatic heterocycles. The Hall–Kier alpha value is -2.90. The number of fused-ring (bicyclic) bond motifs is 5. The highest BCUT2D eigenvalue weighted by molar-refractivity contribution is 5.84. The molecule has 5 nitrogen and oxygen atoms in total. The number of piperidine rings is 1. The van der Waals surface area contributed by atoms with Crippen molar-refractivity contribution in [3.8, 4) is 11.4 Å². The number of alkyl halides is 3. The number of hydrogen-bond acceptors (Lipinski definition) is 3. The minimum Gasteiger partial charge on any atom is -0.338 e. The van der Waals surface area contributed by atoms with Crippen LogP contribution in [-0.2, 0) is 16.6 Å². The first-order chi connectivity index (χ1) is 14.5. The molecule has 8 heteroatoms. The Kier molecular flexibility index (Phi) is 4.08. The quantitative estimate of drug-likeness (QED) is 0.615. The number of likely N-dealkylation sites (tertiary alicyclic amines) is 1. The molecule has 1 aliphatic carbocycles. The largest absolute Gasteiger partial charge is 0.471 e. The van der Waals surface area contributed by atoms with E-state index < -0.39 is 23.5 Å². The number of aromatic amines is 1. The summed E-state index contributed by atoms with van der Waals surface area (Å²) in [6.45, 7) is 6.16. The Bertz CT molecular complexity index is 1180. The lowest BCUT2D eigenvalue weighted by Gasteiger charge is -2.60. The second-order valence-electron chi connectivity index (χ2n) is 9.37. The van der Waals surface area contributed by atoms with Gasteiger partial charge in [0.2, 0.25) is 0 Å². The molecule has 1 amide bonds. The van der Waals surface area contributed by atoms with Crippen molar-refractivity contribution in [2.75, 3.05) is 6.54 Å². The third-order valence-electron chi connectivity index (χ3n) is 7.64. The molecule has 1 fully saturated rings. The van der Waals surface area contributed by atoms with Crippen LogP contribution in [0.15, 0.2) is 36.7 Å². The van der Waals surface area contributed by atoms with Crippen LogP contribution in [0.3, 0.4) is 0 Å². The highest BCUT2D eigenvalue weighted by Crippen LogP contribution is 2.56. The van der Waals surface area contributed by atoms with Gasteiger partial charge in [-0.05, 0) is 53.6 Å². The van der Waals surface area contributed by atoms with Crippen molar-refractivity contribution >= 4 is 16.9 Å². The Morgan fingerprint density at radius 2 is 2.03 bits per heavy atom. The van der Waals surface area contributed by atoms with Gasteiger partial charge in [0.05, 0.1) is 11.0 Å². The smallest absolute Gasteiger partial charge is 0.338 e. The number of halogens is 3. The van der Waals surface area contributed by atoms with Crippen LogP contribution in [0.4, 0.5) is 13.2 Å². The minimum absolute atomic E-state index is 0.0991. The Morgan fingerprint density at radius 1 is 1.26 bits per heavy atom. The van der Waals surface area contributed by atoms with E-state index in [0.29, 0.717) is 18.7 Å². The van der Waals surface area contributed by atoms with Crippen molar-refractivity contribution < 1.29 is 18.0 Å². The Morgan fingerprint density at radius 3 is 2.71 bits per heavy atom. The number of nitrogens with one attached hydrogen (secondary N) is 1. The van der Waals surface area contributed by atoms with Gasteiger partial charge in [-0.1, -0.05) is 20.8 Å². The SMILES string of the molecule is CC12CCN(C(=O)C(F)(F)F)[C@H](Cc3cc4[nH]c(-c5cccnc5)nc4cc31)C2(C)C. The lowest BCUT2D eigenvalue weighted by atomic mass is 9.51. The number of benzene rings is 1. The summed E-state index contributed by atoms with van der Waals surface area (Å²) in [7, 11) is 0. The molecule has 2 atom stereocenters. The zero-order valence-electron chi connectivity index (χ0n) is 17.5. The van der Waals surface area contributed by atoms with Gasteiger partial charge in [-0.2, -0.15) is 13.2 Å². The molecule has 0 saturated carbocycles. The van der Waals surface area contributed by atoms with Crippen molar-refractivity contribution in [2.45, 2.75) is 51.2 Å². The molecule has 0 radical (unpaired) electrons. The summed E-state index contributed by atoms with van der Waals surface area (Å²) in [5.41, 5.74) is 3.72. The zero-order valence-corrected chi connectivity index (χ0v) is 17.5. The first kappa shape index (κ1) is 20.0. The van der Waals surface area contributed by atoms with Gasteiger partial charge in [-0.3, -0.25) is 9.78 Å². The van der Waals surface area contributed by atoms with Crippen LogP contribution < -0.4 is 0 Å². The van der Waals surface area contributed by atoms with Crippen LogP contribution in [-0.4, -0.2) is 44.5 Å². The van der Waals surface area contributed by atoms with Gasteiger partial charge in [0, 0.05) is 36.0 Å². The summed E-state index contributed by atoms with van der Waals surface area (Å²) < 4.78 is 39.8. The topological polar surface area (TPSA) is 61.9 Å². The summed E-state index contributed by atoms with van der Waals surface area (Å²) in [5, 5.41) is 0. The maximum atomic E-state index is 13.3. The average molecular weight is 428 g/mol. The number of rotatable bonds is 1. The van der Waals surface area contributed by atoms with Gasteiger partial charge in [-0.15, -0.1) is 0 Å². The normalized spacial score (nSPS) is 24.8. The second kappa shape index (κ2) is 6.31. The van der Waals surface area contributed by atoms with E-state index in [0.717, 1.165) is 32.6 Å². The predicted molar refractivity (Wildman–Crippen MR) is 110 cm³/mol. The molecule has 31 heavy (non-hydrogen) atoms. The zero-order chi connectivity index (χ0) is 22.2. The van der Waals surface area contributed by atoms with Crippen LogP contribution in [0.25, 0.3) is 22.4 Å². The molecule has 162 valence electrons. The summed E-state index contributed by atoms with van der Waals surface area (Å²) in [6, 6.07) is 7.29. The molecule has 2 bridgehead atoms. The van der Waals surface area contributed by atoms with E-state index in [1.165, 1.54) is 0 Å². The number of imidazole rings is 1. The van der Waals surface area contributed by atoms with Crippen LogP contribution in [0, 0.1) is 5.41 Å². The molecular weight excluding hydrogens is 405 g/mol. The molecule has 1 N–H and O–H groups in total. The van der Waals surface area contributed by atoms with Gasteiger partial charge in [0.1, 0.15) is 5.82 Å². The van der Waals surface area contributed by atoms with Crippen LogP contribution in [0.5, 0.6) is 0 Å². The van der Waals surface area contributed by atoms with Crippen molar-refractivity contribution in [3.05, 3.63) is 47.8 Å². The first-order valence-electron chi connectivity index (χ1n) is 10.3. The van der Waals surface area contributed by atoms with Gasteiger partial charge >= 0.3 is 12.1 Å². The molecule has 3 aromatic rings. The van der Waals surface area contributed by atoms with Gasteiger partial charge in [0.25, 0.3) is 0 Å². The maximum absolute atomic E-state index is 13.3. The summed E-state index contributed by atoms with van der Waals surface area (Å²) >= 11 is 0. The molecule has 2 aliphatic rings. The first-order valence-corrected chi connectivity index (χ1v) is 10.3. The van der Waals surface area contributed by atoms with Crippen molar-refractivity contribution in [3.63, 3.8) is 0 Å². The fourth-order valence-electron chi connectivity index (χ4n) is 5.46. The van der Waals surface area contributed by atoms with Crippen LogP contribution >= 0.6 is 0 Å². The van der Waals surface area contributed by atoms with Crippen molar-refractivity contribution in [2.24, 2.45) is 5.41 Å². The van der Waals surface area contributed by atoms with Crippen molar-refractivity contribution in [1.82, 2.24) is 19.9 Å². The number of H-pyrrole nitrogens is 1. The molecule has 1 saturated heterocycles. The third-order valence-corrected chi connectivity index (χ3v) is 7.64. The molecule has 1 unspecified atom stereocenters. The van der Waals surface area contributed by atoms with E-state index in [4.69, 9.17) is 4.98 Å². The van der Waals surface area contributed by atoms with Crippen LogP contribution in [0.2, 0.25) is 0 Å². The monoisotopic (exact) mass is 428 g/mol. The van der Waals surface area contributed by atoms with Gasteiger partial charge in [0.15, 0.2) is 0 Å². The van der Waals surface area contributed by atoms with Crippen molar-refractivity contribution in [1.29, 1.82) is 0 Å². The van der Waals surface area contributed by atoms with E-state index in [1.807, 2.05) is 32.0 Å². The number of amides is 1. The summed E-state index contributed by atoms with van der Waals surface area (Å²) in [5.74, 6) is -1.04. The minimum atomic E-state index is -4.87. The lowest BCUT2D eigenvalue weighted by Crippen LogP contribution is -2.66. The number of carbonyl (C=O) groups excluding carboxylic acids is 1. The van der Waals surface area contributed by atoms with E-state index in [-0.39, 0.29) is 12.0 Å². The summed E-state index contributed by atoms with van der Waals surface area (Å²) in [6.07, 6.45) is -0.582. The molecule has 0 spiro atoms. The van der Waals surface area contributed by atoms with E-state index in [1.54, 1.807) is 12.4 Å². The fourth-order valence-corrected chi connectivity index (χ4v) is 5.46.